The van der Waals surface area contributed by atoms with Crippen molar-refractivity contribution < 1.29 is 38.4 Å². The number of hydrogen-bond acceptors (Lipinski definition) is 8. The third kappa shape index (κ3) is 2.56. The van der Waals surface area contributed by atoms with Crippen LogP contribution >= 0.6 is 0 Å². The predicted octanol–water partition coefficient (Wildman–Crippen LogP) is 1.37. The molecule has 8 heteroatoms. The Bertz CT molecular complexity index is 903. The van der Waals surface area contributed by atoms with E-state index in [9.17, 15) is 19.5 Å². The van der Waals surface area contributed by atoms with E-state index in [4.69, 9.17) is 18.9 Å². The largest absolute Gasteiger partial charge is 0.459 e. The molecular formula is C22H26O8. The first-order valence-corrected chi connectivity index (χ1v) is 9.96. The molecule has 0 amide bonds. The molecule has 4 aliphatic rings. The molecule has 4 fully saturated rings. The molecule has 0 aromatic carbocycles. The summed E-state index contributed by atoms with van der Waals surface area (Å²) in [5.41, 5.74) is -1.76. The summed E-state index contributed by atoms with van der Waals surface area (Å²) in [4.78, 5) is 36.6. The monoisotopic (exact) mass is 418 g/mol. The van der Waals surface area contributed by atoms with Crippen LogP contribution < -0.4 is 0 Å². The first-order chi connectivity index (χ1) is 14.0. The number of aliphatic hydroxyl groups is 1. The Labute approximate surface area is 174 Å². The fraction of sp³-hybridized carbons (Fsp3) is 0.591. The molecule has 0 bridgehead atoms. The predicted molar refractivity (Wildman–Crippen MR) is 103 cm³/mol. The molecule has 2 saturated carbocycles. The molecular weight excluding hydrogens is 392 g/mol. The van der Waals surface area contributed by atoms with Crippen LogP contribution in [0.3, 0.4) is 0 Å². The van der Waals surface area contributed by atoms with Crippen molar-refractivity contribution in [2.24, 2.45) is 11.8 Å². The molecule has 2 aliphatic heterocycles. The maximum absolute atomic E-state index is 12.5. The van der Waals surface area contributed by atoms with E-state index in [2.05, 4.69) is 13.2 Å². The van der Waals surface area contributed by atoms with Gasteiger partial charge in [-0.05, 0) is 20.8 Å². The number of rotatable bonds is 3. The van der Waals surface area contributed by atoms with Gasteiger partial charge < -0.3 is 24.1 Å². The maximum Gasteiger partial charge on any atom is 0.334 e. The van der Waals surface area contributed by atoms with Crippen molar-refractivity contribution in [3.05, 3.63) is 36.0 Å². The van der Waals surface area contributed by atoms with E-state index in [0.717, 1.165) is 0 Å². The van der Waals surface area contributed by atoms with E-state index < -0.39 is 65.4 Å². The Morgan fingerprint density at radius 3 is 2.50 bits per heavy atom. The quantitative estimate of drug-likeness (QED) is 0.241. The van der Waals surface area contributed by atoms with Crippen LogP contribution in [0.15, 0.2) is 36.0 Å². The Kier molecular flexibility index (Phi) is 4.52. The lowest BCUT2D eigenvalue weighted by Crippen LogP contribution is -2.59. The van der Waals surface area contributed by atoms with Crippen molar-refractivity contribution in [2.45, 2.75) is 69.7 Å². The highest BCUT2D eigenvalue weighted by Crippen LogP contribution is 2.66. The summed E-state index contributed by atoms with van der Waals surface area (Å²) in [7, 11) is 0. The molecule has 2 heterocycles. The topological polar surface area (TPSA) is 112 Å². The minimum absolute atomic E-state index is 0.120. The zero-order chi connectivity index (χ0) is 22.2. The summed E-state index contributed by atoms with van der Waals surface area (Å²) in [6, 6.07) is 0. The average molecular weight is 418 g/mol. The lowest BCUT2D eigenvalue weighted by molar-refractivity contribution is -0.190. The van der Waals surface area contributed by atoms with Crippen molar-refractivity contribution >= 4 is 17.9 Å². The third-order valence-corrected chi connectivity index (χ3v) is 7.03. The molecule has 0 aromatic heterocycles. The van der Waals surface area contributed by atoms with Crippen molar-refractivity contribution in [1.29, 1.82) is 0 Å². The Balaban J connectivity index is 1.79. The Hall–Kier alpha value is -2.45. The average Bonchev–Trinajstić information content (AvgIpc) is 3.24. The van der Waals surface area contributed by atoms with Crippen LogP contribution in [0.25, 0.3) is 0 Å². The standard InChI is InChI=1S/C22H26O8/c1-7-9(2)19(24)28-13-8-10(3)15-16(27-12(5)23)18-21(6,30-18)22(15,26)17-14(13)11(4)20(25)29-17/h7,13-18,26H,3-4,8H2,1-2,5-6H3/b9-7-/t13-,14-,15-,16+,17+,18-,21-,22-/m1/s1. The molecule has 8 nitrogen and oxygen atoms in total. The Morgan fingerprint density at radius 1 is 1.23 bits per heavy atom. The van der Waals surface area contributed by atoms with Gasteiger partial charge in [0.25, 0.3) is 0 Å². The van der Waals surface area contributed by atoms with Gasteiger partial charge >= 0.3 is 17.9 Å². The van der Waals surface area contributed by atoms with Crippen LogP contribution in [0.1, 0.15) is 34.1 Å². The number of hydrogen-bond donors (Lipinski definition) is 1. The summed E-state index contributed by atoms with van der Waals surface area (Å²) in [5, 5.41) is 12.0. The van der Waals surface area contributed by atoms with Crippen LogP contribution in [0.2, 0.25) is 0 Å². The minimum atomic E-state index is -1.72. The van der Waals surface area contributed by atoms with Crippen molar-refractivity contribution in [2.75, 3.05) is 0 Å². The number of allylic oxidation sites excluding steroid dienone is 1. The molecule has 30 heavy (non-hydrogen) atoms. The van der Waals surface area contributed by atoms with Gasteiger partial charge in [0.05, 0.1) is 11.8 Å². The van der Waals surface area contributed by atoms with Gasteiger partial charge in [-0.3, -0.25) is 4.79 Å². The normalized spacial score (nSPS) is 44.4. The molecule has 2 aliphatic carbocycles. The van der Waals surface area contributed by atoms with Crippen LogP contribution in [0.5, 0.6) is 0 Å². The highest BCUT2D eigenvalue weighted by molar-refractivity contribution is 5.92. The minimum Gasteiger partial charge on any atom is -0.459 e. The zero-order valence-electron chi connectivity index (χ0n) is 17.5. The number of carbonyl (C=O) groups excluding carboxylic acids is 3. The number of carbonyl (C=O) groups is 3. The lowest BCUT2D eigenvalue weighted by Gasteiger charge is -2.41. The molecule has 0 unspecified atom stereocenters. The fourth-order valence-electron chi connectivity index (χ4n) is 5.33. The van der Waals surface area contributed by atoms with Crippen LogP contribution in [0.4, 0.5) is 0 Å². The molecule has 0 radical (unpaired) electrons. The summed E-state index contributed by atoms with van der Waals surface area (Å²) in [6.45, 7) is 14.3. The second-order valence-electron chi connectivity index (χ2n) is 8.68. The van der Waals surface area contributed by atoms with Crippen LogP contribution in [-0.2, 0) is 33.3 Å². The Morgan fingerprint density at radius 2 is 1.90 bits per heavy atom. The van der Waals surface area contributed by atoms with E-state index in [-0.39, 0.29) is 12.0 Å². The van der Waals surface area contributed by atoms with E-state index in [0.29, 0.717) is 11.1 Å². The first kappa shape index (κ1) is 20.8. The zero-order valence-corrected chi connectivity index (χ0v) is 17.5. The second-order valence-corrected chi connectivity index (χ2v) is 8.68. The lowest BCUT2D eigenvalue weighted by atomic mass is 9.73. The van der Waals surface area contributed by atoms with E-state index in [1.54, 1.807) is 26.8 Å². The van der Waals surface area contributed by atoms with E-state index in [1.165, 1.54) is 6.92 Å². The summed E-state index contributed by atoms with van der Waals surface area (Å²) in [5.74, 6) is -3.25. The molecule has 4 rings (SSSR count). The van der Waals surface area contributed by atoms with Gasteiger partial charge in [-0.1, -0.05) is 24.8 Å². The van der Waals surface area contributed by atoms with Gasteiger partial charge in [-0.15, -0.1) is 0 Å². The van der Waals surface area contributed by atoms with Crippen LogP contribution in [0, 0.1) is 11.8 Å². The number of epoxide rings is 1. The van der Waals surface area contributed by atoms with E-state index >= 15 is 0 Å². The summed E-state index contributed by atoms with van der Waals surface area (Å²) in [6.07, 6.45) is -1.46. The highest BCUT2D eigenvalue weighted by Gasteiger charge is 2.84. The molecule has 0 spiro atoms. The fourth-order valence-corrected chi connectivity index (χ4v) is 5.33. The van der Waals surface area contributed by atoms with Gasteiger partial charge in [0.1, 0.15) is 35.6 Å². The molecule has 2 saturated heterocycles. The summed E-state index contributed by atoms with van der Waals surface area (Å²) >= 11 is 0. The van der Waals surface area contributed by atoms with Gasteiger partial charge in [-0.2, -0.15) is 0 Å². The van der Waals surface area contributed by atoms with Crippen molar-refractivity contribution in [3.63, 3.8) is 0 Å². The number of fused-ring (bicyclic) bond motifs is 5. The van der Waals surface area contributed by atoms with Crippen LogP contribution in [-0.4, -0.2) is 58.6 Å². The number of esters is 3. The van der Waals surface area contributed by atoms with Gasteiger partial charge in [0.2, 0.25) is 0 Å². The third-order valence-electron chi connectivity index (χ3n) is 7.03. The van der Waals surface area contributed by atoms with Crippen molar-refractivity contribution in [3.8, 4) is 0 Å². The molecule has 1 N–H and O–H groups in total. The number of ether oxygens (including phenoxy) is 4. The van der Waals surface area contributed by atoms with Gasteiger partial charge in [0.15, 0.2) is 0 Å². The second kappa shape index (κ2) is 6.52. The first-order valence-electron chi connectivity index (χ1n) is 9.96. The van der Waals surface area contributed by atoms with Gasteiger partial charge in [-0.25, -0.2) is 9.59 Å². The molecule has 162 valence electrons. The summed E-state index contributed by atoms with van der Waals surface area (Å²) < 4.78 is 22.6. The van der Waals surface area contributed by atoms with Gasteiger partial charge in [0, 0.05) is 24.5 Å². The van der Waals surface area contributed by atoms with Crippen molar-refractivity contribution in [1.82, 2.24) is 0 Å². The SMILES string of the molecule is C=C1C(=O)O[C@H]2[C@H]1[C@H](OC(=O)/C(C)=C\C)CC(=C)[C@@H]1[C@H](OC(C)=O)[C@H]3O[C@@]3(C)[C@@]12O. The highest BCUT2D eigenvalue weighted by atomic mass is 16.7. The molecule has 0 aromatic rings. The van der Waals surface area contributed by atoms with E-state index in [1.807, 2.05) is 0 Å². The smallest absolute Gasteiger partial charge is 0.334 e. The maximum atomic E-state index is 12.5. The molecule has 8 atom stereocenters.